The van der Waals surface area contributed by atoms with Crippen LogP contribution in [-0.4, -0.2) is 19.9 Å². The molecule has 3 rings (SSSR count). The first-order chi connectivity index (χ1) is 10.7. The Morgan fingerprint density at radius 1 is 0.864 bits per heavy atom. The summed E-state index contributed by atoms with van der Waals surface area (Å²) in [6.45, 7) is 4.30. The van der Waals surface area contributed by atoms with Crippen LogP contribution in [-0.2, 0) is 0 Å². The first kappa shape index (κ1) is 14.1. The standard InChI is InChI=1S/C17H17N5/c1-12(2)13-6-7-16(20-10-13)22-17-5-3-4-14(21-17)15-11-18-8-9-19-15/h3-12H,1-2H3,(H,20,21,22). The molecule has 5 heteroatoms. The Bertz CT molecular complexity index is 739. The Morgan fingerprint density at radius 2 is 1.77 bits per heavy atom. The Hall–Kier alpha value is -2.82. The van der Waals surface area contributed by atoms with Gasteiger partial charge in [0.2, 0.25) is 0 Å². The normalized spacial score (nSPS) is 10.7. The summed E-state index contributed by atoms with van der Waals surface area (Å²) in [6.07, 6.45) is 6.89. The van der Waals surface area contributed by atoms with Crippen molar-refractivity contribution in [2.24, 2.45) is 0 Å². The van der Waals surface area contributed by atoms with E-state index in [4.69, 9.17) is 0 Å². The molecule has 110 valence electrons. The quantitative estimate of drug-likeness (QED) is 0.792. The molecule has 0 aliphatic carbocycles. The number of hydrogen-bond donors (Lipinski definition) is 1. The Balaban J connectivity index is 1.81. The van der Waals surface area contributed by atoms with E-state index in [1.807, 2.05) is 30.5 Å². The van der Waals surface area contributed by atoms with Crippen LogP contribution < -0.4 is 5.32 Å². The summed E-state index contributed by atoms with van der Waals surface area (Å²) in [5.41, 5.74) is 2.73. The smallest absolute Gasteiger partial charge is 0.132 e. The molecule has 5 nitrogen and oxygen atoms in total. The molecule has 0 bridgehead atoms. The molecule has 0 radical (unpaired) electrons. The second-order valence-electron chi connectivity index (χ2n) is 5.26. The summed E-state index contributed by atoms with van der Waals surface area (Å²) in [6, 6.07) is 9.78. The molecule has 0 aliphatic rings. The third kappa shape index (κ3) is 3.25. The van der Waals surface area contributed by atoms with E-state index in [1.54, 1.807) is 18.6 Å². The monoisotopic (exact) mass is 291 g/mol. The van der Waals surface area contributed by atoms with Crippen molar-refractivity contribution in [3.63, 3.8) is 0 Å². The lowest BCUT2D eigenvalue weighted by Crippen LogP contribution is -1.98. The fourth-order valence-corrected chi connectivity index (χ4v) is 2.03. The molecule has 22 heavy (non-hydrogen) atoms. The van der Waals surface area contributed by atoms with Gasteiger partial charge < -0.3 is 5.32 Å². The molecule has 0 saturated heterocycles. The third-order valence-electron chi connectivity index (χ3n) is 3.28. The molecular formula is C17H17N5. The van der Waals surface area contributed by atoms with Gasteiger partial charge in [-0.2, -0.15) is 0 Å². The molecule has 0 aliphatic heterocycles. The Morgan fingerprint density at radius 3 is 2.45 bits per heavy atom. The predicted octanol–water partition coefficient (Wildman–Crippen LogP) is 3.80. The summed E-state index contributed by atoms with van der Waals surface area (Å²) in [7, 11) is 0. The van der Waals surface area contributed by atoms with E-state index in [-0.39, 0.29) is 0 Å². The van der Waals surface area contributed by atoms with Gasteiger partial charge >= 0.3 is 0 Å². The van der Waals surface area contributed by atoms with Crippen LogP contribution in [0.25, 0.3) is 11.4 Å². The van der Waals surface area contributed by atoms with Gasteiger partial charge in [-0.25, -0.2) is 9.97 Å². The van der Waals surface area contributed by atoms with Gasteiger partial charge in [0.15, 0.2) is 0 Å². The molecule has 0 fully saturated rings. The van der Waals surface area contributed by atoms with E-state index in [0.717, 1.165) is 23.0 Å². The van der Waals surface area contributed by atoms with Crippen molar-refractivity contribution < 1.29 is 0 Å². The van der Waals surface area contributed by atoms with E-state index in [0.29, 0.717) is 5.92 Å². The highest BCUT2D eigenvalue weighted by molar-refractivity contribution is 5.59. The molecule has 3 aromatic rings. The van der Waals surface area contributed by atoms with Gasteiger partial charge in [0.1, 0.15) is 17.3 Å². The zero-order valence-corrected chi connectivity index (χ0v) is 12.6. The summed E-state index contributed by atoms with van der Waals surface area (Å²) < 4.78 is 0. The Labute approximate surface area is 129 Å². The number of anilines is 2. The predicted molar refractivity (Wildman–Crippen MR) is 86.9 cm³/mol. The fraction of sp³-hybridized carbons (Fsp3) is 0.176. The van der Waals surface area contributed by atoms with Crippen LogP contribution in [0.4, 0.5) is 11.6 Å². The molecule has 0 unspecified atom stereocenters. The maximum absolute atomic E-state index is 4.54. The highest BCUT2D eigenvalue weighted by Crippen LogP contribution is 2.19. The van der Waals surface area contributed by atoms with E-state index >= 15 is 0 Å². The number of pyridine rings is 2. The maximum atomic E-state index is 4.54. The van der Waals surface area contributed by atoms with Crippen LogP contribution in [0.2, 0.25) is 0 Å². The van der Waals surface area contributed by atoms with Crippen molar-refractivity contribution >= 4 is 11.6 Å². The zero-order valence-electron chi connectivity index (χ0n) is 12.6. The third-order valence-corrected chi connectivity index (χ3v) is 3.28. The highest BCUT2D eigenvalue weighted by atomic mass is 15.1. The molecule has 0 saturated carbocycles. The minimum atomic E-state index is 0.472. The fourth-order valence-electron chi connectivity index (χ4n) is 2.03. The van der Waals surface area contributed by atoms with Gasteiger partial charge in [0.05, 0.1) is 11.9 Å². The number of nitrogens with zero attached hydrogens (tertiary/aromatic N) is 4. The van der Waals surface area contributed by atoms with Crippen molar-refractivity contribution in [1.82, 2.24) is 19.9 Å². The molecule has 0 aromatic carbocycles. The number of aromatic nitrogens is 4. The van der Waals surface area contributed by atoms with Crippen molar-refractivity contribution in [2.75, 3.05) is 5.32 Å². The second kappa shape index (κ2) is 6.30. The van der Waals surface area contributed by atoms with E-state index in [1.165, 1.54) is 5.56 Å². The highest BCUT2D eigenvalue weighted by Gasteiger charge is 2.04. The summed E-state index contributed by atoms with van der Waals surface area (Å²) >= 11 is 0. The van der Waals surface area contributed by atoms with Gasteiger partial charge in [-0.05, 0) is 29.7 Å². The van der Waals surface area contributed by atoms with Crippen LogP contribution in [0, 0.1) is 0 Å². The lowest BCUT2D eigenvalue weighted by atomic mass is 10.1. The molecule has 1 N–H and O–H groups in total. The van der Waals surface area contributed by atoms with Gasteiger partial charge in [0, 0.05) is 18.6 Å². The van der Waals surface area contributed by atoms with E-state index < -0.39 is 0 Å². The lowest BCUT2D eigenvalue weighted by molar-refractivity contribution is 0.859. The molecule has 0 spiro atoms. The average molecular weight is 291 g/mol. The number of rotatable bonds is 4. The van der Waals surface area contributed by atoms with Crippen LogP contribution in [0.5, 0.6) is 0 Å². The van der Waals surface area contributed by atoms with E-state index in [9.17, 15) is 0 Å². The largest absolute Gasteiger partial charge is 0.325 e. The van der Waals surface area contributed by atoms with Gasteiger partial charge in [-0.3, -0.25) is 9.97 Å². The number of nitrogens with one attached hydrogen (secondary N) is 1. The first-order valence-corrected chi connectivity index (χ1v) is 7.19. The van der Waals surface area contributed by atoms with Crippen LogP contribution in [0.15, 0.2) is 55.1 Å². The van der Waals surface area contributed by atoms with Gasteiger partial charge in [-0.1, -0.05) is 26.0 Å². The van der Waals surface area contributed by atoms with Crippen LogP contribution in [0.3, 0.4) is 0 Å². The van der Waals surface area contributed by atoms with Crippen LogP contribution >= 0.6 is 0 Å². The van der Waals surface area contributed by atoms with Gasteiger partial charge in [0.25, 0.3) is 0 Å². The SMILES string of the molecule is CC(C)c1ccc(Nc2cccc(-c3cnccn3)n2)nc1. The second-order valence-corrected chi connectivity index (χ2v) is 5.26. The molecule has 0 amide bonds. The average Bonchev–Trinajstić information content (AvgIpc) is 2.56. The summed E-state index contributed by atoms with van der Waals surface area (Å²) in [4.78, 5) is 17.3. The van der Waals surface area contributed by atoms with E-state index in [2.05, 4.69) is 45.2 Å². The Kier molecular flexibility index (Phi) is 4.05. The minimum absolute atomic E-state index is 0.472. The summed E-state index contributed by atoms with van der Waals surface area (Å²) in [5, 5.41) is 3.21. The van der Waals surface area contributed by atoms with Crippen LogP contribution in [0.1, 0.15) is 25.3 Å². The summed E-state index contributed by atoms with van der Waals surface area (Å²) in [5.74, 6) is 1.97. The molecule has 3 aromatic heterocycles. The van der Waals surface area contributed by atoms with Crippen molar-refractivity contribution in [2.45, 2.75) is 19.8 Å². The molecular weight excluding hydrogens is 274 g/mol. The lowest BCUT2D eigenvalue weighted by Gasteiger charge is -2.08. The first-order valence-electron chi connectivity index (χ1n) is 7.19. The van der Waals surface area contributed by atoms with Crippen molar-refractivity contribution in [3.8, 4) is 11.4 Å². The minimum Gasteiger partial charge on any atom is -0.325 e. The molecule has 3 heterocycles. The molecule has 0 atom stereocenters. The topological polar surface area (TPSA) is 63.6 Å². The van der Waals surface area contributed by atoms with Gasteiger partial charge in [-0.15, -0.1) is 0 Å². The van der Waals surface area contributed by atoms with Crippen molar-refractivity contribution in [3.05, 3.63) is 60.7 Å². The van der Waals surface area contributed by atoms with Crippen molar-refractivity contribution in [1.29, 1.82) is 0 Å². The zero-order chi connectivity index (χ0) is 15.4. The maximum Gasteiger partial charge on any atom is 0.132 e. The number of hydrogen-bond acceptors (Lipinski definition) is 5.